The van der Waals surface area contributed by atoms with E-state index < -0.39 is 34.9 Å². The summed E-state index contributed by atoms with van der Waals surface area (Å²) in [6.45, 7) is 1.72. The summed E-state index contributed by atoms with van der Waals surface area (Å²) in [6, 6.07) is 5.79. The van der Waals surface area contributed by atoms with Crippen LogP contribution in [-0.2, 0) is 11.2 Å². The average molecular weight is 336 g/mol. The smallest absolute Gasteiger partial charge is 0.228 e. The fourth-order valence-electron chi connectivity index (χ4n) is 2.56. The van der Waals surface area contributed by atoms with Crippen LogP contribution in [0.5, 0.6) is 0 Å². The van der Waals surface area contributed by atoms with E-state index in [-0.39, 0.29) is 6.42 Å². The van der Waals surface area contributed by atoms with Crippen LogP contribution in [0.15, 0.2) is 30.3 Å². The van der Waals surface area contributed by atoms with Crippen LogP contribution in [-0.4, -0.2) is 10.9 Å². The quantitative estimate of drug-likeness (QED) is 0.546. The molecule has 0 spiro atoms. The standard InChI is InChI=1S/C17H12F4N2O/c1-8-10(11-6-9(18)2-4-13(11)22-8)7-15(24)23-14-5-3-12(19)16(20)17(14)21/h2-6,22H,7H2,1H3,(H,23,24). The second kappa shape index (κ2) is 5.99. The topological polar surface area (TPSA) is 44.9 Å². The van der Waals surface area contributed by atoms with Gasteiger partial charge in [0, 0.05) is 16.6 Å². The number of hydrogen-bond donors (Lipinski definition) is 2. The van der Waals surface area contributed by atoms with Crippen molar-refractivity contribution in [2.75, 3.05) is 5.32 Å². The molecule has 1 amide bonds. The van der Waals surface area contributed by atoms with Crippen LogP contribution in [0.1, 0.15) is 11.3 Å². The highest BCUT2D eigenvalue weighted by Gasteiger charge is 2.17. The molecule has 2 N–H and O–H groups in total. The van der Waals surface area contributed by atoms with E-state index in [1.165, 1.54) is 12.1 Å². The summed E-state index contributed by atoms with van der Waals surface area (Å²) >= 11 is 0. The number of aryl methyl sites for hydroxylation is 1. The Kier molecular flexibility index (Phi) is 4.01. The van der Waals surface area contributed by atoms with Gasteiger partial charge in [0.25, 0.3) is 0 Å². The number of H-pyrrole nitrogens is 1. The van der Waals surface area contributed by atoms with Gasteiger partial charge in [0.15, 0.2) is 17.5 Å². The third-order valence-electron chi connectivity index (χ3n) is 3.73. The number of halogens is 4. The molecule has 0 radical (unpaired) electrons. The second-order valence-corrected chi connectivity index (χ2v) is 5.37. The molecule has 124 valence electrons. The Balaban J connectivity index is 1.87. The molecule has 0 fully saturated rings. The molecular weight excluding hydrogens is 324 g/mol. The van der Waals surface area contributed by atoms with Gasteiger partial charge in [-0.1, -0.05) is 0 Å². The van der Waals surface area contributed by atoms with Crippen LogP contribution in [0.3, 0.4) is 0 Å². The average Bonchev–Trinajstić information content (AvgIpc) is 2.83. The summed E-state index contributed by atoms with van der Waals surface area (Å²) in [5.41, 5.74) is 1.42. The molecule has 0 unspecified atom stereocenters. The van der Waals surface area contributed by atoms with Crippen molar-refractivity contribution in [2.45, 2.75) is 13.3 Å². The lowest BCUT2D eigenvalue weighted by Gasteiger charge is -2.08. The summed E-state index contributed by atoms with van der Waals surface area (Å²) in [7, 11) is 0. The predicted octanol–water partition coefficient (Wildman–Crippen LogP) is 4.21. The van der Waals surface area contributed by atoms with Gasteiger partial charge in [-0.25, -0.2) is 17.6 Å². The largest absolute Gasteiger partial charge is 0.358 e. The Bertz CT molecular complexity index is 949. The van der Waals surface area contributed by atoms with Crippen LogP contribution in [0.25, 0.3) is 10.9 Å². The van der Waals surface area contributed by atoms with Crippen molar-refractivity contribution in [1.29, 1.82) is 0 Å². The maximum absolute atomic E-state index is 13.6. The zero-order chi connectivity index (χ0) is 17.4. The molecule has 1 heterocycles. The van der Waals surface area contributed by atoms with Crippen LogP contribution in [0.2, 0.25) is 0 Å². The van der Waals surface area contributed by atoms with Crippen LogP contribution >= 0.6 is 0 Å². The first-order valence-electron chi connectivity index (χ1n) is 7.07. The fraction of sp³-hybridized carbons (Fsp3) is 0.118. The molecule has 0 bridgehead atoms. The number of hydrogen-bond acceptors (Lipinski definition) is 1. The van der Waals surface area contributed by atoms with Gasteiger partial charge in [0.05, 0.1) is 12.1 Å². The van der Waals surface area contributed by atoms with Gasteiger partial charge in [-0.3, -0.25) is 4.79 Å². The molecule has 7 heteroatoms. The Morgan fingerprint density at radius 1 is 1.08 bits per heavy atom. The molecular formula is C17H12F4N2O. The normalized spacial score (nSPS) is 11.0. The number of fused-ring (bicyclic) bond motifs is 1. The minimum Gasteiger partial charge on any atom is -0.358 e. The maximum atomic E-state index is 13.6. The summed E-state index contributed by atoms with van der Waals surface area (Å²) in [5, 5.41) is 2.73. The molecule has 3 aromatic rings. The van der Waals surface area contributed by atoms with Gasteiger partial charge >= 0.3 is 0 Å². The Labute approximate surface area is 134 Å². The van der Waals surface area contributed by atoms with E-state index in [9.17, 15) is 22.4 Å². The number of amides is 1. The lowest BCUT2D eigenvalue weighted by molar-refractivity contribution is -0.115. The molecule has 0 aliphatic heterocycles. The Morgan fingerprint density at radius 2 is 1.83 bits per heavy atom. The van der Waals surface area contributed by atoms with Crippen LogP contribution in [0, 0.1) is 30.2 Å². The second-order valence-electron chi connectivity index (χ2n) is 5.37. The van der Waals surface area contributed by atoms with Crippen molar-refractivity contribution in [1.82, 2.24) is 4.98 Å². The third kappa shape index (κ3) is 2.84. The molecule has 0 aliphatic rings. The molecule has 0 saturated heterocycles. The van der Waals surface area contributed by atoms with Crippen molar-refractivity contribution in [3.63, 3.8) is 0 Å². The predicted molar refractivity (Wildman–Crippen MR) is 81.6 cm³/mol. The van der Waals surface area contributed by atoms with E-state index in [0.717, 1.165) is 12.1 Å². The molecule has 3 nitrogen and oxygen atoms in total. The highest BCUT2D eigenvalue weighted by atomic mass is 19.2. The number of anilines is 1. The maximum Gasteiger partial charge on any atom is 0.228 e. The summed E-state index contributed by atoms with van der Waals surface area (Å²) < 4.78 is 53.1. The molecule has 0 aliphatic carbocycles. The van der Waals surface area contributed by atoms with Crippen molar-refractivity contribution < 1.29 is 22.4 Å². The number of aromatic nitrogens is 1. The minimum absolute atomic E-state index is 0.173. The number of carbonyl (C=O) groups excluding carboxylic acids is 1. The monoisotopic (exact) mass is 336 g/mol. The zero-order valence-corrected chi connectivity index (χ0v) is 12.5. The van der Waals surface area contributed by atoms with E-state index in [1.807, 2.05) is 0 Å². The Morgan fingerprint density at radius 3 is 2.58 bits per heavy atom. The van der Waals surface area contributed by atoms with Gasteiger partial charge in [0.2, 0.25) is 5.91 Å². The molecule has 1 aromatic heterocycles. The lowest BCUT2D eigenvalue weighted by Crippen LogP contribution is -2.16. The summed E-state index contributed by atoms with van der Waals surface area (Å²) in [5.74, 6) is -5.54. The van der Waals surface area contributed by atoms with Gasteiger partial charge < -0.3 is 10.3 Å². The molecule has 3 rings (SSSR count). The highest BCUT2D eigenvalue weighted by Crippen LogP contribution is 2.25. The Hall–Kier alpha value is -2.83. The first kappa shape index (κ1) is 16.0. The number of benzene rings is 2. The van der Waals surface area contributed by atoms with Gasteiger partial charge in [-0.15, -0.1) is 0 Å². The summed E-state index contributed by atoms with van der Waals surface area (Å²) in [4.78, 5) is 15.1. The van der Waals surface area contributed by atoms with Crippen LogP contribution in [0.4, 0.5) is 23.2 Å². The fourth-order valence-corrected chi connectivity index (χ4v) is 2.56. The van der Waals surface area contributed by atoms with Crippen molar-refractivity contribution in [3.05, 3.63) is 64.9 Å². The SMILES string of the molecule is Cc1[nH]c2ccc(F)cc2c1CC(=O)Nc1ccc(F)c(F)c1F. The van der Waals surface area contributed by atoms with Gasteiger partial charge in [-0.2, -0.15) is 0 Å². The third-order valence-corrected chi connectivity index (χ3v) is 3.73. The number of nitrogens with one attached hydrogen (secondary N) is 2. The number of rotatable bonds is 3. The molecule has 2 aromatic carbocycles. The zero-order valence-electron chi connectivity index (χ0n) is 12.5. The van der Waals surface area contributed by atoms with Crippen LogP contribution < -0.4 is 5.32 Å². The van der Waals surface area contributed by atoms with E-state index in [2.05, 4.69) is 10.3 Å². The summed E-state index contributed by atoms with van der Waals surface area (Å²) in [6.07, 6.45) is -0.173. The van der Waals surface area contributed by atoms with Crippen molar-refractivity contribution in [3.8, 4) is 0 Å². The van der Waals surface area contributed by atoms with E-state index >= 15 is 0 Å². The van der Waals surface area contributed by atoms with E-state index in [4.69, 9.17) is 0 Å². The first-order chi connectivity index (χ1) is 11.4. The molecule has 0 atom stereocenters. The molecule has 0 saturated carbocycles. The number of aromatic amines is 1. The van der Waals surface area contributed by atoms with Crippen molar-refractivity contribution in [2.24, 2.45) is 0 Å². The van der Waals surface area contributed by atoms with Gasteiger partial charge in [-0.05, 0) is 42.8 Å². The van der Waals surface area contributed by atoms with Crippen molar-refractivity contribution >= 4 is 22.5 Å². The van der Waals surface area contributed by atoms with E-state index in [0.29, 0.717) is 22.2 Å². The minimum atomic E-state index is -1.65. The molecule has 24 heavy (non-hydrogen) atoms. The highest BCUT2D eigenvalue weighted by molar-refractivity contribution is 5.96. The van der Waals surface area contributed by atoms with Gasteiger partial charge in [0.1, 0.15) is 5.82 Å². The lowest BCUT2D eigenvalue weighted by atomic mass is 10.1. The number of carbonyl (C=O) groups is 1. The van der Waals surface area contributed by atoms with E-state index in [1.54, 1.807) is 13.0 Å². The first-order valence-corrected chi connectivity index (χ1v) is 7.07.